The maximum atomic E-state index is 12.1. The van der Waals surface area contributed by atoms with E-state index in [1.807, 2.05) is 0 Å². The molecule has 0 bridgehead atoms. The van der Waals surface area contributed by atoms with Gasteiger partial charge in [0.15, 0.2) is 0 Å². The third kappa shape index (κ3) is 4.73. The number of carbonyl (C=O) groups excluding carboxylic acids is 1. The summed E-state index contributed by atoms with van der Waals surface area (Å²) in [5.41, 5.74) is 1.52. The molecule has 1 heterocycles. The summed E-state index contributed by atoms with van der Waals surface area (Å²) in [6.45, 7) is 8.01. The summed E-state index contributed by atoms with van der Waals surface area (Å²) in [6, 6.07) is 8.69. The molecule has 0 atom stereocenters. The number of benzene rings is 1. The summed E-state index contributed by atoms with van der Waals surface area (Å²) in [7, 11) is 0. The minimum atomic E-state index is -1.10. The zero-order valence-corrected chi connectivity index (χ0v) is 15.3. The Kier molecular flexibility index (Phi) is 5.97. The molecule has 2 aliphatic rings. The van der Waals surface area contributed by atoms with Gasteiger partial charge in [-0.05, 0) is 63.3 Å². The SMILES string of the molecule is Cc1cccc(N2CCN(CCCNC(=O)C3(O)CCCC3)CC2)c1. The van der Waals surface area contributed by atoms with Crippen molar-refractivity contribution < 1.29 is 9.90 Å². The minimum Gasteiger partial charge on any atom is -0.380 e. The van der Waals surface area contributed by atoms with Gasteiger partial charge in [-0.3, -0.25) is 9.69 Å². The Balaban J connectivity index is 1.33. The standard InChI is InChI=1S/C20H31N3O2/c1-17-6-4-7-18(16-17)23-14-12-22(13-15-23)11-5-10-21-19(24)20(25)8-2-3-9-20/h4,6-7,16,25H,2-3,5,8-15H2,1H3,(H,21,24). The molecule has 5 heteroatoms. The fraction of sp³-hybridized carbons (Fsp3) is 0.650. The van der Waals surface area contributed by atoms with Gasteiger partial charge in [0.25, 0.3) is 5.91 Å². The molecule has 1 amide bonds. The van der Waals surface area contributed by atoms with Gasteiger partial charge < -0.3 is 15.3 Å². The summed E-state index contributed by atoms with van der Waals surface area (Å²) in [5.74, 6) is -0.172. The Morgan fingerprint density at radius 3 is 2.60 bits per heavy atom. The minimum absolute atomic E-state index is 0.172. The Morgan fingerprint density at radius 2 is 1.92 bits per heavy atom. The summed E-state index contributed by atoms with van der Waals surface area (Å²) >= 11 is 0. The summed E-state index contributed by atoms with van der Waals surface area (Å²) < 4.78 is 0. The van der Waals surface area contributed by atoms with Crippen molar-refractivity contribution in [3.8, 4) is 0 Å². The first kappa shape index (κ1) is 18.2. The number of nitrogens with one attached hydrogen (secondary N) is 1. The van der Waals surface area contributed by atoms with Crippen molar-refractivity contribution in [1.82, 2.24) is 10.2 Å². The molecule has 0 radical (unpaired) electrons. The van der Waals surface area contributed by atoms with Crippen LogP contribution in [-0.4, -0.2) is 60.8 Å². The van der Waals surface area contributed by atoms with Crippen molar-refractivity contribution in [3.05, 3.63) is 29.8 Å². The van der Waals surface area contributed by atoms with Gasteiger partial charge in [0, 0.05) is 38.4 Å². The number of amides is 1. The monoisotopic (exact) mass is 345 g/mol. The zero-order chi connectivity index (χ0) is 17.7. The first-order valence-corrected chi connectivity index (χ1v) is 9.61. The molecule has 2 fully saturated rings. The predicted octanol–water partition coefficient (Wildman–Crippen LogP) is 1.93. The van der Waals surface area contributed by atoms with Gasteiger partial charge in [0.05, 0.1) is 0 Å². The lowest BCUT2D eigenvalue weighted by atomic mass is 10.0. The molecular formula is C20H31N3O2. The molecule has 0 spiro atoms. The lowest BCUT2D eigenvalue weighted by molar-refractivity contribution is -0.139. The summed E-state index contributed by atoms with van der Waals surface area (Å²) in [5, 5.41) is 13.2. The number of rotatable bonds is 6. The van der Waals surface area contributed by atoms with Crippen LogP contribution in [0.1, 0.15) is 37.7 Å². The Bertz CT molecular complexity index is 576. The van der Waals surface area contributed by atoms with Gasteiger partial charge in [0.2, 0.25) is 0 Å². The second kappa shape index (κ2) is 8.19. The van der Waals surface area contributed by atoms with Gasteiger partial charge >= 0.3 is 0 Å². The number of aliphatic hydroxyl groups is 1. The average Bonchev–Trinajstić information content (AvgIpc) is 3.07. The summed E-state index contributed by atoms with van der Waals surface area (Å²) in [6.07, 6.45) is 4.07. The van der Waals surface area contributed by atoms with Gasteiger partial charge in [-0.2, -0.15) is 0 Å². The van der Waals surface area contributed by atoms with E-state index in [9.17, 15) is 9.90 Å². The number of hydrogen-bond donors (Lipinski definition) is 2. The van der Waals surface area contributed by atoms with Crippen LogP contribution in [0.25, 0.3) is 0 Å². The topological polar surface area (TPSA) is 55.8 Å². The molecule has 25 heavy (non-hydrogen) atoms. The highest BCUT2D eigenvalue weighted by atomic mass is 16.3. The van der Waals surface area contributed by atoms with Crippen LogP contribution in [-0.2, 0) is 4.79 Å². The molecule has 1 aromatic carbocycles. The first-order chi connectivity index (χ1) is 12.1. The molecular weight excluding hydrogens is 314 g/mol. The molecule has 1 aromatic rings. The number of piperazine rings is 1. The molecule has 138 valence electrons. The molecule has 0 unspecified atom stereocenters. The Morgan fingerprint density at radius 1 is 1.20 bits per heavy atom. The van der Waals surface area contributed by atoms with E-state index < -0.39 is 5.60 Å². The quantitative estimate of drug-likeness (QED) is 0.774. The number of hydrogen-bond acceptors (Lipinski definition) is 4. The van der Waals surface area contributed by atoms with Crippen LogP contribution < -0.4 is 10.2 Å². The van der Waals surface area contributed by atoms with Crippen LogP contribution in [0.3, 0.4) is 0 Å². The Hall–Kier alpha value is -1.59. The smallest absolute Gasteiger partial charge is 0.251 e. The van der Waals surface area contributed by atoms with Crippen molar-refractivity contribution >= 4 is 11.6 Å². The molecule has 3 rings (SSSR count). The van der Waals surface area contributed by atoms with E-state index in [0.29, 0.717) is 19.4 Å². The van der Waals surface area contributed by atoms with E-state index in [1.165, 1.54) is 11.3 Å². The first-order valence-electron chi connectivity index (χ1n) is 9.61. The molecule has 2 N–H and O–H groups in total. The maximum absolute atomic E-state index is 12.1. The molecule has 0 aromatic heterocycles. The highest BCUT2D eigenvalue weighted by molar-refractivity contribution is 5.85. The van der Waals surface area contributed by atoms with Gasteiger partial charge in [-0.1, -0.05) is 12.1 Å². The normalized spacial score (nSPS) is 20.6. The van der Waals surface area contributed by atoms with Crippen molar-refractivity contribution in [1.29, 1.82) is 0 Å². The average molecular weight is 345 g/mol. The molecule has 1 saturated carbocycles. The van der Waals surface area contributed by atoms with E-state index in [4.69, 9.17) is 0 Å². The van der Waals surface area contributed by atoms with Crippen molar-refractivity contribution in [2.75, 3.05) is 44.2 Å². The predicted molar refractivity (Wildman–Crippen MR) is 101 cm³/mol. The van der Waals surface area contributed by atoms with E-state index >= 15 is 0 Å². The fourth-order valence-corrected chi connectivity index (χ4v) is 3.91. The van der Waals surface area contributed by atoms with Crippen molar-refractivity contribution in [2.45, 2.75) is 44.6 Å². The second-order valence-electron chi connectivity index (χ2n) is 7.52. The van der Waals surface area contributed by atoms with E-state index in [2.05, 4.69) is 46.3 Å². The maximum Gasteiger partial charge on any atom is 0.251 e. The summed E-state index contributed by atoms with van der Waals surface area (Å²) in [4.78, 5) is 17.0. The van der Waals surface area contributed by atoms with Crippen LogP contribution in [0.4, 0.5) is 5.69 Å². The fourth-order valence-electron chi connectivity index (χ4n) is 3.91. The van der Waals surface area contributed by atoms with Crippen LogP contribution >= 0.6 is 0 Å². The van der Waals surface area contributed by atoms with Crippen LogP contribution in [0.5, 0.6) is 0 Å². The largest absolute Gasteiger partial charge is 0.380 e. The number of nitrogens with zero attached hydrogens (tertiary/aromatic N) is 2. The van der Waals surface area contributed by atoms with Gasteiger partial charge in [-0.25, -0.2) is 0 Å². The highest BCUT2D eigenvalue weighted by Gasteiger charge is 2.38. The third-order valence-corrected chi connectivity index (χ3v) is 5.53. The van der Waals surface area contributed by atoms with E-state index in [0.717, 1.165) is 52.0 Å². The van der Waals surface area contributed by atoms with Crippen LogP contribution in [0.15, 0.2) is 24.3 Å². The van der Waals surface area contributed by atoms with E-state index in [-0.39, 0.29) is 5.91 Å². The number of anilines is 1. The lowest BCUT2D eigenvalue weighted by Gasteiger charge is -2.36. The van der Waals surface area contributed by atoms with Crippen molar-refractivity contribution in [3.63, 3.8) is 0 Å². The molecule has 5 nitrogen and oxygen atoms in total. The van der Waals surface area contributed by atoms with Gasteiger partial charge in [0.1, 0.15) is 5.60 Å². The molecule has 1 aliphatic carbocycles. The number of carbonyl (C=O) groups is 1. The van der Waals surface area contributed by atoms with Crippen LogP contribution in [0, 0.1) is 6.92 Å². The molecule has 1 aliphatic heterocycles. The zero-order valence-electron chi connectivity index (χ0n) is 15.3. The highest BCUT2D eigenvalue weighted by Crippen LogP contribution is 2.29. The number of aryl methyl sites for hydroxylation is 1. The van der Waals surface area contributed by atoms with Crippen molar-refractivity contribution in [2.24, 2.45) is 0 Å². The van der Waals surface area contributed by atoms with Crippen LogP contribution in [0.2, 0.25) is 0 Å². The molecule has 1 saturated heterocycles. The van der Waals surface area contributed by atoms with Gasteiger partial charge in [-0.15, -0.1) is 0 Å². The lowest BCUT2D eigenvalue weighted by Crippen LogP contribution is -2.48. The third-order valence-electron chi connectivity index (χ3n) is 5.53. The Labute approximate surface area is 151 Å². The second-order valence-corrected chi connectivity index (χ2v) is 7.52. The van der Waals surface area contributed by atoms with E-state index in [1.54, 1.807) is 0 Å².